The summed E-state index contributed by atoms with van der Waals surface area (Å²) in [6.45, 7) is 3.61. The molecule has 1 aromatic rings. The zero-order valence-electron chi connectivity index (χ0n) is 11.5. The van der Waals surface area contributed by atoms with E-state index in [1.54, 1.807) is 12.3 Å². The summed E-state index contributed by atoms with van der Waals surface area (Å²) in [5, 5.41) is 8.52. The van der Waals surface area contributed by atoms with Crippen LogP contribution < -0.4 is 10.6 Å². The number of carbonyl (C=O) groups is 1. The minimum Gasteiger partial charge on any atom is -0.369 e. The minimum absolute atomic E-state index is 0.00982. The Balaban J connectivity index is 2.09. The number of piperidine rings is 1. The van der Waals surface area contributed by atoms with Crippen molar-refractivity contribution in [2.75, 3.05) is 18.0 Å². The molecule has 0 atom stereocenters. The van der Waals surface area contributed by atoms with E-state index in [-0.39, 0.29) is 11.8 Å². The molecule has 20 heavy (non-hydrogen) atoms. The van der Waals surface area contributed by atoms with Crippen LogP contribution in [0.4, 0.5) is 5.82 Å². The second-order valence-corrected chi connectivity index (χ2v) is 5.04. The first kappa shape index (κ1) is 14.1. The number of aryl methyl sites for hydroxylation is 1. The van der Waals surface area contributed by atoms with Crippen LogP contribution in [0.25, 0.3) is 6.08 Å². The molecule has 0 unspecified atom stereocenters. The number of hydrogen-bond donors (Lipinski definition) is 1. The van der Waals surface area contributed by atoms with E-state index in [2.05, 4.69) is 9.88 Å². The van der Waals surface area contributed by atoms with Gasteiger partial charge >= 0.3 is 0 Å². The number of hydrogen-bond acceptors (Lipinski definition) is 4. The van der Waals surface area contributed by atoms with Crippen molar-refractivity contribution in [3.63, 3.8) is 0 Å². The van der Waals surface area contributed by atoms with Gasteiger partial charge in [-0.3, -0.25) is 4.79 Å². The fourth-order valence-corrected chi connectivity index (χ4v) is 2.52. The van der Waals surface area contributed by atoms with E-state index in [4.69, 9.17) is 11.0 Å². The molecular weight excluding hydrogens is 252 g/mol. The third kappa shape index (κ3) is 3.15. The zero-order valence-corrected chi connectivity index (χ0v) is 11.5. The SMILES string of the molecule is Cc1cc(/C=C/C#N)cnc1N1CCC(C(N)=O)CC1. The molecular formula is C15H18N4O. The topological polar surface area (TPSA) is 83.0 Å². The van der Waals surface area contributed by atoms with E-state index in [0.29, 0.717) is 0 Å². The first-order chi connectivity index (χ1) is 9.61. The Morgan fingerprint density at radius 3 is 2.80 bits per heavy atom. The summed E-state index contributed by atoms with van der Waals surface area (Å²) in [5.41, 5.74) is 7.33. The van der Waals surface area contributed by atoms with Crippen molar-refractivity contribution in [2.45, 2.75) is 19.8 Å². The molecule has 2 heterocycles. The summed E-state index contributed by atoms with van der Waals surface area (Å²) in [6.07, 6.45) is 6.51. The monoisotopic (exact) mass is 270 g/mol. The summed E-state index contributed by atoms with van der Waals surface area (Å²) < 4.78 is 0. The molecule has 2 N–H and O–H groups in total. The molecule has 0 aromatic carbocycles. The van der Waals surface area contributed by atoms with Crippen molar-refractivity contribution >= 4 is 17.8 Å². The van der Waals surface area contributed by atoms with Gasteiger partial charge < -0.3 is 10.6 Å². The molecule has 1 aliphatic rings. The highest BCUT2D eigenvalue weighted by molar-refractivity contribution is 5.77. The smallest absolute Gasteiger partial charge is 0.220 e. The van der Waals surface area contributed by atoms with E-state index < -0.39 is 0 Å². The Morgan fingerprint density at radius 2 is 2.25 bits per heavy atom. The zero-order chi connectivity index (χ0) is 14.5. The van der Waals surface area contributed by atoms with Crippen LogP contribution in [0.5, 0.6) is 0 Å². The van der Waals surface area contributed by atoms with Crippen molar-refractivity contribution in [3.05, 3.63) is 29.5 Å². The summed E-state index contributed by atoms with van der Waals surface area (Å²) in [6, 6.07) is 3.98. The molecule has 0 radical (unpaired) electrons. The van der Waals surface area contributed by atoms with Crippen molar-refractivity contribution < 1.29 is 4.79 Å². The van der Waals surface area contributed by atoms with Gasteiger partial charge in [-0.25, -0.2) is 4.98 Å². The molecule has 104 valence electrons. The molecule has 1 amide bonds. The normalized spacial score (nSPS) is 16.3. The van der Waals surface area contributed by atoms with Gasteiger partial charge in [-0.05, 0) is 43.0 Å². The fraction of sp³-hybridized carbons (Fsp3) is 0.400. The van der Waals surface area contributed by atoms with Crippen LogP contribution in [0.3, 0.4) is 0 Å². The summed E-state index contributed by atoms with van der Waals surface area (Å²) >= 11 is 0. The Hall–Kier alpha value is -2.35. The van der Waals surface area contributed by atoms with Crippen LogP contribution >= 0.6 is 0 Å². The maximum atomic E-state index is 11.2. The Morgan fingerprint density at radius 1 is 1.55 bits per heavy atom. The Kier molecular flexibility index (Phi) is 4.36. The predicted molar refractivity (Wildman–Crippen MR) is 77.8 cm³/mol. The maximum Gasteiger partial charge on any atom is 0.220 e. The number of nitrogens with zero attached hydrogens (tertiary/aromatic N) is 3. The van der Waals surface area contributed by atoms with Crippen molar-refractivity contribution in [1.29, 1.82) is 5.26 Å². The number of nitrogens with two attached hydrogens (primary N) is 1. The van der Waals surface area contributed by atoms with E-state index in [9.17, 15) is 4.79 Å². The average molecular weight is 270 g/mol. The standard InChI is InChI=1S/C15H18N4O/c1-11-9-12(3-2-6-16)10-18-15(11)19-7-4-13(5-8-19)14(17)20/h2-3,9-10,13H,4-5,7-8H2,1H3,(H2,17,20)/b3-2+. The van der Waals surface area contributed by atoms with E-state index in [0.717, 1.165) is 42.9 Å². The van der Waals surface area contributed by atoms with Crippen LogP contribution in [0.2, 0.25) is 0 Å². The summed E-state index contributed by atoms with van der Waals surface area (Å²) in [7, 11) is 0. The lowest BCUT2D eigenvalue weighted by Crippen LogP contribution is -2.39. The number of amides is 1. The second-order valence-electron chi connectivity index (χ2n) is 5.04. The molecule has 1 fully saturated rings. The van der Waals surface area contributed by atoms with Crippen LogP contribution in [0.1, 0.15) is 24.0 Å². The van der Waals surface area contributed by atoms with Crippen molar-refractivity contribution in [3.8, 4) is 6.07 Å². The largest absolute Gasteiger partial charge is 0.369 e. The molecule has 0 bridgehead atoms. The summed E-state index contributed by atoms with van der Waals surface area (Å²) in [4.78, 5) is 17.8. The van der Waals surface area contributed by atoms with Gasteiger partial charge in [0.1, 0.15) is 5.82 Å². The van der Waals surface area contributed by atoms with E-state index in [1.165, 1.54) is 6.08 Å². The molecule has 5 heteroatoms. The molecule has 1 aliphatic heterocycles. The van der Waals surface area contributed by atoms with E-state index in [1.807, 2.05) is 19.1 Å². The molecule has 0 saturated carbocycles. The highest BCUT2D eigenvalue weighted by Gasteiger charge is 2.24. The van der Waals surface area contributed by atoms with Crippen LogP contribution in [0, 0.1) is 24.2 Å². The molecule has 5 nitrogen and oxygen atoms in total. The molecule has 1 saturated heterocycles. The van der Waals surface area contributed by atoms with Crippen LogP contribution in [-0.4, -0.2) is 24.0 Å². The van der Waals surface area contributed by atoms with E-state index >= 15 is 0 Å². The first-order valence-electron chi connectivity index (χ1n) is 6.69. The summed E-state index contributed by atoms with van der Waals surface area (Å²) in [5.74, 6) is 0.734. The van der Waals surface area contributed by atoms with Crippen molar-refractivity contribution in [2.24, 2.45) is 11.7 Å². The van der Waals surface area contributed by atoms with Gasteiger partial charge in [0.25, 0.3) is 0 Å². The number of aromatic nitrogens is 1. The number of carbonyl (C=O) groups excluding carboxylic acids is 1. The minimum atomic E-state index is -0.202. The highest BCUT2D eigenvalue weighted by Crippen LogP contribution is 2.24. The Labute approximate surface area is 118 Å². The Bertz CT molecular complexity index is 566. The number of allylic oxidation sites excluding steroid dienone is 1. The molecule has 0 aliphatic carbocycles. The van der Waals surface area contributed by atoms with Gasteiger partial charge in [0.2, 0.25) is 5.91 Å². The number of primary amides is 1. The molecule has 0 spiro atoms. The third-order valence-electron chi connectivity index (χ3n) is 3.62. The number of pyridine rings is 1. The average Bonchev–Trinajstić information content (AvgIpc) is 2.45. The van der Waals surface area contributed by atoms with Gasteiger partial charge in [-0.2, -0.15) is 5.26 Å². The van der Waals surface area contributed by atoms with Gasteiger partial charge in [-0.15, -0.1) is 0 Å². The quantitative estimate of drug-likeness (QED) is 0.846. The lowest BCUT2D eigenvalue weighted by Gasteiger charge is -2.32. The third-order valence-corrected chi connectivity index (χ3v) is 3.62. The molecule has 1 aromatic heterocycles. The predicted octanol–water partition coefficient (Wildman–Crippen LogP) is 1.63. The van der Waals surface area contributed by atoms with Gasteiger partial charge in [0.15, 0.2) is 0 Å². The highest BCUT2D eigenvalue weighted by atomic mass is 16.1. The second kappa shape index (κ2) is 6.20. The number of rotatable bonds is 3. The van der Waals surface area contributed by atoms with Crippen molar-refractivity contribution in [1.82, 2.24) is 4.98 Å². The lowest BCUT2D eigenvalue weighted by atomic mass is 9.96. The molecule has 2 rings (SSSR count). The number of nitriles is 1. The van der Waals surface area contributed by atoms with Crippen LogP contribution in [0.15, 0.2) is 18.3 Å². The lowest BCUT2D eigenvalue weighted by molar-refractivity contribution is -0.122. The van der Waals surface area contributed by atoms with Gasteiger partial charge in [0, 0.05) is 31.3 Å². The fourth-order valence-electron chi connectivity index (χ4n) is 2.52. The van der Waals surface area contributed by atoms with Gasteiger partial charge in [-0.1, -0.05) is 0 Å². The van der Waals surface area contributed by atoms with Gasteiger partial charge in [0.05, 0.1) is 6.07 Å². The van der Waals surface area contributed by atoms with Crippen LogP contribution in [-0.2, 0) is 4.79 Å². The maximum absolute atomic E-state index is 11.2. The number of anilines is 1. The first-order valence-corrected chi connectivity index (χ1v) is 6.69.